The molecule has 0 saturated heterocycles. The number of alkyl halides is 2. The molecular weight excluding hydrogens is 354 g/mol. The molecule has 0 bridgehead atoms. The number of ether oxygens (including phenoxy) is 2. The number of nitrogens with zero attached hydrogens (tertiary/aromatic N) is 1. The molecule has 1 aromatic heterocycles. The van der Waals surface area contributed by atoms with E-state index in [1.54, 1.807) is 11.4 Å². The first-order valence-corrected chi connectivity index (χ1v) is 7.83. The second kappa shape index (κ2) is 8.21. The molecule has 0 fully saturated rings. The molecule has 1 heterocycles. The zero-order valence-corrected chi connectivity index (χ0v) is 13.7. The van der Waals surface area contributed by atoms with Gasteiger partial charge in [0.1, 0.15) is 16.8 Å². The quantitative estimate of drug-likeness (QED) is 0.792. The zero-order chi connectivity index (χ0) is 18.4. The molecule has 1 atom stereocenters. The molecule has 2 aromatic rings. The molecule has 0 aliphatic heterocycles. The predicted octanol–water partition coefficient (Wildman–Crippen LogP) is 3.41. The normalized spacial score (nSPS) is 11.5. The Hall–Kier alpha value is -2.99. The minimum absolute atomic E-state index is 0.0355. The third kappa shape index (κ3) is 4.99. The lowest BCUT2D eigenvalue weighted by atomic mass is 10.2. The highest BCUT2D eigenvalue weighted by Gasteiger charge is 2.21. The van der Waals surface area contributed by atoms with Gasteiger partial charge in [-0.15, -0.1) is 11.3 Å². The van der Waals surface area contributed by atoms with Crippen molar-refractivity contribution in [1.29, 1.82) is 5.26 Å². The number of benzene rings is 1. The highest BCUT2D eigenvalue weighted by molar-refractivity contribution is 7.14. The van der Waals surface area contributed by atoms with Crippen LogP contribution in [-0.4, -0.2) is 24.6 Å². The molecule has 0 radical (unpaired) electrons. The lowest BCUT2D eigenvalue weighted by Crippen LogP contribution is -2.29. The number of nitrogens with one attached hydrogen (secondary N) is 1. The van der Waals surface area contributed by atoms with Crippen molar-refractivity contribution < 1.29 is 27.8 Å². The van der Waals surface area contributed by atoms with Crippen LogP contribution in [0.15, 0.2) is 35.7 Å². The molecule has 1 amide bonds. The van der Waals surface area contributed by atoms with Crippen molar-refractivity contribution in [3.8, 4) is 11.8 Å². The van der Waals surface area contributed by atoms with Crippen molar-refractivity contribution in [2.24, 2.45) is 0 Å². The lowest BCUT2D eigenvalue weighted by molar-refractivity contribution is -0.123. The Morgan fingerprint density at radius 1 is 1.32 bits per heavy atom. The number of esters is 1. The summed E-state index contributed by atoms with van der Waals surface area (Å²) in [5.41, 5.74) is 0.264. The van der Waals surface area contributed by atoms with Crippen LogP contribution in [0.25, 0.3) is 0 Å². The predicted molar refractivity (Wildman–Crippen MR) is 85.6 cm³/mol. The maximum absolute atomic E-state index is 12.2. The van der Waals surface area contributed by atoms with Gasteiger partial charge in [-0.1, -0.05) is 6.07 Å². The van der Waals surface area contributed by atoms with Crippen molar-refractivity contribution in [3.05, 3.63) is 46.8 Å². The summed E-state index contributed by atoms with van der Waals surface area (Å²) in [5.74, 6) is -1.68. The van der Waals surface area contributed by atoms with Crippen molar-refractivity contribution in [3.63, 3.8) is 0 Å². The fourth-order valence-corrected chi connectivity index (χ4v) is 2.53. The Kier molecular flexibility index (Phi) is 6.03. The minimum Gasteiger partial charge on any atom is -0.449 e. The second-order valence-electron chi connectivity index (χ2n) is 4.72. The Morgan fingerprint density at radius 2 is 2.08 bits per heavy atom. The maximum atomic E-state index is 12.2. The van der Waals surface area contributed by atoms with Crippen LogP contribution in [0, 0.1) is 11.3 Å². The van der Waals surface area contributed by atoms with E-state index in [4.69, 9.17) is 10.00 Å². The summed E-state index contributed by atoms with van der Waals surface area (Å²) < 4.78 is 33.6. The van der Waals surface area contributed by atoms with Crippen LogP contribution in [0.3, 0.4) is 0 Å². The molecule has 9 heteroatoms. The highest BCUT2D eigenvalue weighted by Crippen LogP contribution is 2.22. The summed E-state index contributed by atoms with van der Waals surface area (Å²) in [6, 6.07) is 8.52. The largest absolute Gasteiger partial charge is 0.449 e. The van der Waals surface area contributed by atoms with E-state index in [9.17, 15) is 18.4 Å². The molecule has 130 valence electrons. The van der Waals surface area contributed by atoms with E-state index in [2.05, 4.69) is 10.1 Å². The molecule has 0 aliphatic rings. The van der Waals surface area contributed by atoms with Crippen LogP contribution < -0.4 is 10.1 Å². The van der Waals surface area contributed by atoms with Gasteiger partial charge in [0.15, 0.2) is 6.10 Å². The molecule has 2 rings (SSSR count). The zero-order valence-electron chi connectivity index (χ0n) is 12.9. The Balaban J connectivity index is 2.00. The van der Waals surface area contributed by atoms with Gasteiger partial charge in [-0.3, -0.25) is 4.79 Å². The fourth-order valence-electron chi connectivity index (χ4n) is 1.79. The summed E-state index contributed by atoms with van der Waals surface area (Å²) in [4.78, 5) is 24.1. The molecular formula is C16H12F2N2O4S. The first kappa shape index (κ1) is 18.4. The van der Waals surface area contributed by atoms with Gasteiger partial charge in [-0.2, -0.15) is 14.0 Å². The summed E-state index contributed by atoms with van der Waals surface area (Å²) in [6.07, 6.45) is -1.15. The van der Waals surface area contributed by atoms with E-state index in [1.165, 1.54) is 25.1 Å². The molecule has 1 N–H and O–H groups in total. The molecule has 1 unspecified atom stereocenters. The third-order valence-electron chi connectivity index (χ3n) is 2.97. The van der Waals surface area contributed by atoms with E-state index in [-0.39, 0.29) is 11.3 Å². The van der Waals surface area contributed by atoms with Crippen LogP contribution in [0.4, 0.5) is 13.8 Å². The first-order chi connectivity index (χ1) is 11.9. The van der Waals surface area contributed by atoms with E-state index in [0.717, 1.165) is 17.4 Å². The van der Waals surface area contributed by atoms with Gasteiger partial charge in [0.05, 0.1) is 11.1 Å². The van der Waals surface area contributed by atoms with Crippen LogP contribution >= 0.6 is 11.3 Å². The summed E-state index contributed by atoms with van der Waals surface area (Å²) >= 11 is 1.16. The van der Waals surface area contributed by atoms with Crippen LogP contribution in [0.5, 0.6) is 5.75 Å². The summed E-state index contributed by atoms with van der Waals surface area (Å²) in [7, 11) is 0. The highest BCUT2D eigenvalue weighted by atomic mass is 32.1. The second-order valence-corrected chi connectivity index (χ2v) is 5.63. The van der Waals surface area contributed by atoms with Crippen LogP contribution in [-0.2, 0) is 9.53 Å². The number of hydrogen-bond donors (Lipinski definition) is 1. The van der Waals surface area contributed by atoms with E-state index in [0.29, 0.717) is 10.6 Å². The van der Waals surface area contributed by atoms with Gasteiger partial charge in [0.2, 0.25) is 0 Å². The average Bonchev–Trinajstić information content (AvgIpc) is 3.01. The Labute approximate surface area is 145 Å². The van der Waals surface area contributed by atoms with Crippen molar-refractivity contribution >= 4 is 28.2 Å². The minimum atomic E-state index is -3.02. The van der Waals surface area contributed by atoms with Gasteiger partial charge >= 0.3 is 12.6 Å². The van der Waals surface area contributed by atoms with Gasteiger partial charge in [0.25, 0.3) is 5.91 Å². The Morgan fingerprint density at radius 3 is 2.76 bits per heavy atom. The number of amides is 1. The van der Waals surface area contributed by atoms with Crippen molar-refractivity contribution in [2.75, 3.05) is 5.32 Å². The fraction of sp³-hybridized carbons (Fsp3) is 0.188. The number of rotatable bonds is 6. The molecule has 6 nitrogen and oxygen atoms in total. The van der Waals surface area contributed by atoms with Crippen molar-refractivity contribution in [2.45, 2.75) is 19.6 Å². The number of anilines is 1. The van der Waals surface area contributed by atoms with Gasteiger partial charge < -0.3 is 14.8 Å². The molecule has 0 spiro atoms. The third-order valence-corrected chi connectivity index (χ3v) is 3.80. The van der Waals surface area contributed by atoms with Crippen LogP contribution in [0.2, 0.25) is 0 Å². The standard InChI is InChI=1S/C16H12F2N2O4S/c1-9(13(21)20-14-11(8-19)5-6-25-14)23-15(22)10-3-2-4-12(7-10)24-16(17)18/h2-7,9,16H,1H3,(H,20,21). The Bertz CT molecular complexity index is 816. The SMILES string of the molecule is CC(OC(=O)c1cccc(OC(F)F)c1)C(=O)Nc1sccc1C#N. The number of carbonyl (C=O) groups is 2. The van der Waals surface area contributed by atoms with E-state index in [1.807, 2.05) is 6.07 Å². The number of hydrogen-bond acceptors (Lipinski definition) is 6. The van der Waals surface area contributed by atoms with Crippen LogP contribution in [0.1, 0.15) is 22.8 Å². The molecule has 0 saturated carbocycles. The number of thiophene rings is 1. The molecule has 0 aliphatic carbocycles. The van der Waals surface area contributed by atoms with Gasteiger partial charge in [0, 0.05) is 0 Å². The maximum Gasteiger partial charge on any atom is 0.387 e. The lowest BCUT2D eigenvalue weighted by Gasteiger charge is -2.13. The van der Waals surface area contributed by atoms with E-state index < -0.39 is 24.6 Å². The smallest absolute Gasteiger partial charge is 0.387 e. The monoisotopic (exact) mass is 366 g/mol. The van der Waals surface area contributed by atoms with E-state index >= 15 is 0 Å². The molecule has 1 aromatic carbocycles. The average molecular weight is 366 g/mol. The van der Waals surface area contributed by atoms with Gasteiger partial charge in [-0.25, -0.2) is 4.79 Å². The number of nitriles is 1. The van der Waals surface area contributed by atoms with Gasteiger partial charge in [-0.05, 0) is 36.6 Å². The molecule has 25 heavy (non-hydrogen) atoms. The summed E-state index contributed by atoms with van der Waals surface area (Å²) in [5, 5.41) is 13.4. The first-order valence-electron chi connectivity index (χ1n) is 6.95. The number of carbonyl (C=O) groups excluding carboxylic acids is 2. The number of halogens is 2. The van der Waals surface area contributed by atoms with Crippen molar-refractivity contribution in [1.82, 2.24) is 0 Å². The topological polar surface area (TPSA) is 88.4 Å². The summed E-state index contributed by atoms with van der Waals surface area (Å²) in [6.45, 7) is -1.66.